The van der Waals surface area contributed by atoms with Crippen LogP contribution >= 0.6 is 0 Å². The third-order valence-corrected chi connectivity index (χ3v) is 6.11. The summed E-state index contributed by atoms with van der Waals surface area (Å²) < 4.78 is 15.9. The molecular formula is C24H27FN4O. The van der Waals surface area contributed by atoms with Gasteiger partial charge in [-0.3, -0.25) is 4.79 Å². The number of carbonyl (C=O) groups excluding carboxylic acids is 1. The number of aromatic nitrogens is 3. The number of rotatable bonds is 2. The molecule has 1 aromatic carbocycles. The van der Waals surface area contributed by atoms with Crippen LogP contribution in [-0.4, -0.2) is 27.2 Å². The zero-order valence-electron chi connectivity index (χ0n) is 18.0. The first-order chi connectivity index (χ1) is 14.2. The number of halogens is 1. The first-order valence-electron chi connectivity index (χ1n) is 10.7. The number of carbonyl (C=O) groups is 1. The molecule has 6 heteroatoms. The fourth-order valence-corrected chi connectivity index (χ4v) is 4.44. The molecule has 1 fully saturated rings. The second-order valence-electron chi connectivity index (χ2n) is 9.57. The summed E-state index contributed by atoms with van der Waals surface area (Å²) in [5.41, 5.74) is 4.62. The van der Waals surface area contributed by atoms with Gasteiger partial charge in [0, 0.05) is 18.2 Å². The number of nitrogens with zero attached hydrogens (tertiary/aromatic N) is 4. The highest BCUT2D eigenvalue weighted by Gasteiger charge is 2.32. The predicted octanol–water partition coefficient (Wildman–Crippen LogP) is 5.10. The maximum Gasteiger partial charge on any atom is 0.259 e. The van der Waals surface area contributed by atoms with Gasteiger partial charge in [0.15, 0.2) is 5.65 Å². The summed E-state index contributed by atoms with van der Waals surface area (Å²) in [6.07, 6.45) is 3.94. The Hall–Kier alpha value is -2.76. The first kappa shape index (κ1) is 19.2. The predicted molar refractivity (Wildman–Crippen MR) is 116 cm³/mol. The molecule has 2 aromatic heterocycles. The number of hydrogen-bond donors (Lipinski definition) is 0. The standard InChI is InChI=1S/C24H27FN4O/c1-14-21-18(23(30)28-11-5-6-16-9-10-17(25)12-20(16)28)13-19(15-7-8-15)26-22(21)29(27-14)24(2,3)4/h9-10,12-13,15H,5-8,11H2,1-4H3. The third-order valence-electron chi connectivity index (χ3n) is 6.11. The van der Waals surface area contributed by atoms with Gasteiger partial charge < -0.3 is 4.90 Å². The van der Waals surface area contributed by atoms with E-state index in [9.17, 15) is 9.18 Å². The number of hydrogen-bond acceptors (Lipinski definition) is 3. The molecule has 3 aromatic rings. The van der Waals surface area contributed by atoms with E-state index in [0.29, 0.717) is 23.7 Å². The number of amides is 1. The highest BCUT2D eigenvalue weighted by molar-refractivity contribution is 6.14. The van der Waals surface area contributed by atoms with E-state index in [-0.39, 0.29) is 17.3 Å². The minimum absolute atomic E-state index is 0.0904. The van der Waals surface area contributed by atoms with E-state index >= 15 is 0 Å². The van der Waals surface area contributed by atoms with Gasteiger partial charge in [-0.05, 0) is 77.1 Å². The van der Waals surface area contributed by atoms with Crippen molar-refractivity contribution in [2.24, 2.45) is 0 Å². The summed E-state index contributed by atoms with van der Waals surface area (Å²) in [5, 5.41) is 5.56. The lowest BCUT2D eigenvalue weighted by Gasteiger charge is -2.30. The van der Waals surface area contributed by atoms with Crippen molar-refractivity contribution in [3.8, 4) is 0 Å². The molecule has 0 N–H and O–H groups in total. The van der Waals surface area contributed by atoms with E-state index in [1.165, 1.54) is 12.1 Å². The molecule has 0 radical (unpaired) electrons. The van der Waals surface area contributed by atoms with Crippen LogP contribution in [0.3, 0.4) is 0 Å². The molecule has 0 spiro atoms. The van der Waals surface area contributed by atoms with Crippen molar-refractivity contribution >= 4 is 22.6 Å². The van der Waals surface area contributed by atoms with E-state index < -0.39 is 0 Å². The smallest absolute Gasteiger partial charge is 0.259 e. The Bertz CT molecular complexity index is 1170. The Labute approximate surface area is 175 Å². The Morgan fingerprint density at radius 2 is 1.97 bits per heavy atom. The molecule has 0 atom stereocenters. The summed E-state index contributed by atoms with van der Waals surface area (Å²) in [4.78, 5) is 20.5. The highest BCUT2D eigenvalue weighted by atomic mass is 19.1. The van der Waals surface area contributed by atoms with Crippen LogP contribution in [0.15, 0.2) is 24.3 Å². The molecule has 5 rings (SSSR count). The molecule has 156 valence electrons. The monoisotopic (exact) mass is 406 g/mol. The molecule has 0 bridgehead atoms. The quantitative estimate of drug-likeness (QED) is 0.595. The van der Waals surface area contributed by atoms with E-state index in [2.05, 4.69) is 20.8 Å². The van der Waals surface area contributed by atoms with Crippen molar-refractivity contribution in [3.63, 3.8) is 0 Å². The second kappa shape index (κ2) is 6.62. The number of benzene rings is 1. The van der Waals surface area contributed by atoms with Gasteiger partial charge >= 0.3 is 0 Å². The van der Waals surface area contributed by atoms with Gasteiger partial charge in [0.05, 0.1) is 27.9 Å². The number of anilines is 1. The summed E-state index contributed by atoms with van der Waals surface area (Å²) >= 11 is 0. The van der Waals surface area contributed by atoms with Gasteiger partial charge in [-0.2, -0.15) is 5.10 Å². The average molecular weight is 407 g/mol. The van der Waals surface area contributed by atoms with Gasteiger partial charge in [-0.15, -0.1) is 0 Å². The topological polar surface area (TPSA) is 51.0 Å². The minimum Gasteiger partial charge on any atom is -0.308 e. The summed E-state index contributed by atoms with van der Waals surface area (Å²) in [6, 6.07) is 6.71. The Balaban J connectivity index is 1.71. The molecule has 1 aliphatic carbocycles. The zero-order chi connectivity index (χ0) is 21.2. The van der Waals surface area contributed by atoms with Crippen molar-refractivity contribution < 1.29 is 9.18 Å². The fraction of sp³-hybridized carbons (Fsp3) is 0.458. The summed E-state index contributed by atoms with van der Waals surface area (Å²) in [7, 11) is 0. The van der Waals surface area contributed by atoms with Gasteiger partial charge in [0.1, 0.15) is 5.82 Å². The lowest BCUT2D eigenvalue weighted by atomic mass is 9.99. The molecular weight excluding hydrogens is 379 g/mol. The van der Waals surface area contributed by atoms with Crippen molar-refractivity contribution in [1.29, 1.82) is 0 Å². The SMILES string of the molecule is Cc1nn(C(C)(C)C)c2nc(C3CC3)cc(C(=O)N3CCCc4ccc(F)cc43)c12. The van der Waals surface area contributed by atoms with Crippen LogP contribution in [0.1, 0.15) is 73.3 Å². The zero-order valence-corrected chi connectivity index (χ0v) is 18.0. The van der Waals surface area contributed by atoms with Crippen LogP contribution in [0.25, 0.3) is 11.0 Å². The van der Waals surface area contributed by atoms with Gasteiger partial charge in [0.2, 0.25) is 0 Å². The lowest BCUT2D eigenvalue weighted by molar-refractivity contribution is 0.0986. The second-order valence-corrected chi connectivity index (χ2v) is 9.57. The molecule has 3 heterocycles. The Kier molecular flexibility index (Phi) is 4.24. The van der Waals surface area contributed by atoms with Crippen LogP contribution in [0.5, 0.6) is 0 Å². The molecule has 1 amide bonds. The van der Waals surface area contributed by atoms with Crippen LogP contribution in [-0.2, 0) is 12.0 Å². The van der Waals surface area contributed by atoms with E-state index in [1.807, 2.05) is 17.7 Å². The maximum atomic E-state index is 14.0. The van der Waals surface area contributed by atoms with Crippen molar-refractivity contribution in [1.82, 2.24) is 14.8 Å². The van der Waals surface area contributed by atoms with Crippen molar-refractivity contribution in [2.75, 3.05) is 11.4 Å². The van der Waals surface area contributed by atoms with Gasteiger partial charge in [0.25, 0.3) is 5.91 Å². The molecule has 0 saturated heterocycles. The lowest BCUT2D eigenvalue weighted by Crippen LogP contribution is -2.36. The van der Waals surface area contributed by atoms with Gasteiger partial charge in [-0.1, -0.05) is 6.07 Å². The molecule has 1 aliphatic heterocycles. The molecule has 5 nitrogen and oxygen atoms in total. The largest absolute Gasteiger partial charge is 0.308 e. The van der Waals surface area contributed by atoms with Gasteiger partial charge in [-0.25, -0.2) is 14.1 Å². The molecule has 2 aliphatic rings. The highest BCUT2D eigenvalue weighted by Crippen LogP contribution is 2.41. The Morgan fingerprint density at radius 1 is 1.20 bits per heavy atom. The maximum absolute atomic E-state index is 14.0. The molecule has 1 saturated carbocycles. The normalized spacial score (nSPS) is 16.8. The summed E-state index contributed by atoms with van der Waals surface area (Å²) in [6.45, 7) is 8.80. The molecule has 0 unspecified atom stereocenters. The minimum atomic E-state index is -0.316. The van der Waals surface area contributed by atoms with Crippen LogP contribution < -0.4 is 4.90 Å². The number of fused-ring (bicyclic) bond motifs is 2. The van der Waals surface area contributed by atoms with Crippen LogP contribution in [0, 0.1) is 12.7 Å². The average Bonchev–Trinajstić information content (AvgIpc) is 3.49. The number of pyridine rings is 1. The summed E-state index contributed by atoms with van der Waals surface area (Å²) in [5.74, 6) is 0.00629. The molecule has 30 heavy (non-hydrogen) atoms. The van der Waals surface area contributed by atoms with Crippen molar-refractivity contribution in [3.05, 3.63) is 52.6 Å². The van der Waals surface area contributed by atoms with E-state index in [4.69, 9.17) is 10.1 Å². The fourth-order valence-electron chi connectivity index (χ4n) is 4.44. The van der Waals surface area contributed by atoms with Crippen LogP contribution in [0.4, 0.5) is 10.1 Å². The first-order valence-corrected chi connectivity index (χ1v) is 10.7. The third kappa shape index (κ3) is 3.09. The van der Waals surface area contributed by atoms with E-state index in [0.717, 1.165) is 53.7 Å². The Morgan fingerprint density at radius 3 is 2.67 bits per heavy atom. The van der Waals surface area contributed by atoms with E-state index in [1.54, 1.807) is 11.0 Å². The van der Waals surface area contributed by atoms with Crippen LogP contribution in [0.2, 0.25) is 0 Å². The van der Waals surface area contributed by atoms with Crippen molar-refractivity contribution in [2.45, 2.75) is 64.8 Å². The number of aryl methyl sites for hydroxylation is 2.